The smallest absolute Gasteiger partial charge is 0.253 e. The van der Waals surface area contributed by atoms with Gasteiger partial charge in [-0.1, -0.05) is 0 Å². The zero-order valence-corrected chi connectivity index (χ0v) is 11.0. The van der Waals surface area contributed by atoms with Crippen LogP contribution in [0.3, 0.4) is 0 Å². The number of benzene rings is 1. The second kappa shape index (κ2) is 5.40. The number of hydrogen-bond acceptors (Lipinski definition) is 3. The Bertz CT molecular complexity index is 445. The first kappa shape index (κ1) is 12.9. The molecule has 2 rings (SSSR count). The van der Waals surface area contributed by atoms with Crippen molar-refractivity contribution in [1.29, 1.82) is 0 Å². The molecule has 0 spiro atoms. The van der Waals surface area contributed by atoms with Gasteiger partial charge in [0.15, 0.2) is 0 Å². The molecule has 0 bridgehead atoms. The van der Waals surface area contributed by atoms with Crippen LogP contribution in [0.5, 0.6) is 5.75 Å². The van der Waals surface area contributed by atoms with E-state index in [0.717, 1.165) is 38.2 Å². The Labute approximate surface area is 108 Å². The van der Waals surface area contributed by atoms with Crippen LogP contribution in [0.1, 0.15) is 22.3 Å². The Kier molecular flexibility index (Phi) is 3.87. The molecule has 1 fully saturated rings. The molecule has 1 heterocycles. The fraction of sp³-hybridized carbons (Fsp3) is 0.500. The van der Waals surface area contributed by atoms with Crippen LogP contribution in [0.4, 0.5) is 0 Å². The minimum atomic E-state index is 0.0633. The molecule has 1 aromatic carbocycles. The minimum Gasteiger partial charge on any atom is -0.508 e. The summed E-state index contributed by atoms with van der Waals surface area (Å²) < 4.78 is 0. The van der Waals surface area contributed by atoms with E-state index in [0.29, 0.717) is 5.56 Å². The molecule has 18 heavy (non-hydrogen) atoms. The van der Waals surface area contributed by atoms with Gasteiger partial charge in [0.1, 0.15) is 5.75 Å². The van der Waals surface area contributed by atoms with Gasteiger partial charge in [-0.05, 0) is 50.7 Å². The lowest BCUT2D eigenvalue weighted by atomic mass is 10.1. The summed E-state index contributed by atoms with van der Waals surface area (Å²) in [4.78, 5) is 16.5. The number of phenols is 1. The molecule has 1 aromatic rings. The van der Waals surface area contributed by atoms with Crippen molar-refractivity contribution < 1.29 is 9.90 Å². The van der Waals surface area contributed by atoms with E-state index < -0.39 is 0 Å². The molecule has 0 unspecified atom stereocenters. The molecule has 0 atom stereocenters. The van der Waals surface area contributed by atoms with E-state index in [4.69, 9.17) is 0 Å². The molecule has 4 nitrogen and oxygen atoms in total. The lowest BCUT2D eigenvalue weighted by Crippen LogP contribution is -2.34. The van der Waals surface area contributed by atoms with Gasteiger partial charge in [0, 0.05) is 25.2 Å². The van der Waals surface area contributed by atoms with Crippen molar-refractivity contribution in [2.24, 2.45) is 0 Å². The Morgan fingerprint density at radius 1 is 1.22 bits per heavy atom. The van der Waals surface area contributed by atoms with Crippen molar-refractivity contribution in [3.8, 4) is 5.75 Å². The van der Waals surface area contributed by atoms with Crippen LogP contribution >= 0.6 is 0 Å². The molecule has 1 aliphatic heterocycles. The Morgan fingerprint density at radius 3 is 2.72 bits per heavy atom. The maximum Gasteiger partial charge on any atom is 0.253 e. The van der Waals surface area contributed by atoms with Crippen LogP contribution < -0.4 is 0 Å². The molecule has 1 saturated heterocycles. The highest BCUT2D eigenvalue weighted by Gasteiger charge is 2.19. The molecule has 1 amide bonds. The average molecular weight is 248 g/mol. The van der Waals surface area contributed by atoms with E-state index in [1.165, 1.54) is 0 Å². The predicted octanol–water partition coefficient (Wildman–Crippen LogP) is 1.48. The molecule has 98 valence electrons. The quantitative estimate of drug-likeness (QED) is 0.818. The fourth-order valence-electron chi connectivity index (χ4n) is 2.22. The average Bonchev–Trinajstić information content (AvgIpc) is 2.57. The molecule has 1 aliphatic rings. The summed E-state index contributed by atoms with van der Waals surface area (Å²) >= 11 is 0. The van der Waals surface area contributed by atoms with Gasteiger partial charge in [0.2, 0.25) is 0 Å². The standard InChI is InChI=1S/C14H20N2O2/c1-11-10-12(4-5-13(11)17)14(18)16-7-3-6-15(2)8-9-16/h4-5,10,17H,3,6-9H2,1-2H3. The van der Waals surface area contributed by atoms with Gasteiger partial charge in [-0.25, -0.2) is 0 Å². The van der Waals surface area contributed by atoms with E-state index in [2.05, 4.69) is 11.9 Å². The Hall–Kier alpha value is -1.55. The molecule has 1 N–H and O–H groups in total. The summed E-state index contributed by atoms with van der Waals surface area (Å²) in [6.07, 6.45) is 1.01. The summed E-state index contributed by atoms with van der Waals surface area (Å²) in [5.41, 5.74) is 1.41. The number of carbonyl (C=O) groups excluding carboxylic acids is 1. The number of phenolic OH excluding ortho intramolecular Hbond substituents is 1. The normalized spacial score (nSPS) is 17.6. The maximum absolute atomic E-state index is 12.3. The summed E-state index contributed by atoms with van der Waals surface area (Å²) in [5, 5.41) is 9.48. The number of aryl methyl sites for hydroxylation is 1. The van der Waals surface area contributed by atoms with Crippen LogP contribution in [0.2, 0.25) is 0 Å². The second-order valence-corrected chi connectivity index (χ2v) is 4.95. The largest absolute Gasteiger partial charge is 0.508 e. The van der Waals surface area contributed by atoms with Gasteiger partial charge in [-0.3, -0.25) is 4.79 Å². The summed E-state index contributed by atoms with van der Waals surface area (Å²) in [6, 6.07) is 5.04. The zero-order chi connectivity index (χ0) is 13.1. The minimum absolute atomic E-state index is 0.0633. The van der Waals surface area contributed by atoms with Crippen LogP contribution in [0.25, 0.3) is 0 Å². The van der Waals surface area contributed by atoms with Crippen molar-refractivity contribution in [3.05, 3.63) is 29.3 Å². The highest BCUT2D eigenvalue weighted by molar-refractivity contribution is 5.94. The number of amides is 1. The Balaban J connectivity index is 2.12. The first-order valence-corrected chi connectivity index (χ1v) is 6.35. The number of aromatic hydroxyl groups is 1. The third kappa shape index (κ3) is 2.82. The number of rotatable bonds is 1. The summed E-state index contributed by atoms with van der Waals surface area (Å²) in [6.45, 7) is 5.35. The van der Waals surface area contributed by atoms with Crippen LogP contribution in [-0.2, 0) is 0 Å². The van der Waals surface area contributed by atoms with Crippen LogP contribution in [-0.4, -0.2) is 54.0 Å². The summed E-state index contributed by atoms with van der Waals surface area (Å²) in [7, 11) is 2.08. The third-order valence-electron chi connectivity index (χ3n) is 3.45. The number of carbonyl (C=O) groups is 1. The van der Waals surface area contributed by atoms with Gasteiger partial charge < -0.3 is 14.9 Å². The van der Waals surface area contributed by atoms with Crippen molar-refractivity contribution >= 4 is 5.91 Å². The Morgan fingerprint density at radius 2 is 2.00 bits per heavy atom. The summed E-state index contributed by atoms with van der Waals surface area (Å²) in [5.74, 6) is 0.301. The van der Waals surface area contributed by atoms with Crippen LogP contribution in [0.15, 0.2) is 18.2 Å². The molecular weight excluding hydrogens is 228 g/mol. The zero-order valence-electron chi connectivity index (χ0n) is 11.0. The molecule has 0 radical (unpaired) electrons. The van der Waals surface area contributed by atoms with Crippen molar-refractivity contribution in [3.63, 3.8) is 0 Å². The lowest BCUT2D eigenvalue weighted by Gasteiger charge is -2.20. The first-order chi connectivity index (χ1) is 8.58. The van der Waals surface area contributed by atoms with Gasteiger partial charge in [0.25, 0.3) is 5.91 Å². The van der Waals surface area contributed by atoms with E-state index in [1.807, 2.05) is 11.8 Å². The molecule has 0 aliphatic carbocycles. The topological polar surface area (TPSA) is 43.8 Å². The molecule has 4 heteroatoms. The van der Waals surface area contributed by atoms with Gasteiger partial charge in [-0.15, -0.1) is 0 Å². The predicted molar refractivity (Wildman–Crippen MR) is 70.9 cm³/mol. The van der Waals surface area contributed by atoms with Crippen molar-refractivity contribution in [2.75, 3.05) is 33.2 Å². The van der Waals surface area contributed by atoms with Gasteiger partial charge >= 0.3 is 0 Å². The highest BCUT2D eigenvalue weighted by atomic mass is 16.3. The van der Waals surface area contributed by atoms with E-state index in [9.17, 15) is 9.90 Å². The molecule has 0 saturated carbocycles. The number of nitrogens with zero attached hydrogens (tertiary/aromatic N) is 2. The van der Waals surface area contributed by atoms with Crippen molar-refractivity contribution in [1.82, 2.24) is 9.80 Å². The third-order valence-corrected chi connectivity index (χ3v) is 3.45. The SMILES string of the molecule is Cc1cc(C(=O)N2CCCN(C)CC2)ccc1O. The molecular formula is C14H20N2O2. The number of hydrogen-bond donors (Lipinski definition) is 1. The second-order valence-electron chi connectivity index (χ2n) is 4.95. The number of likely N-dealkylation sites (N-methyl/N-ethyl adjacent to an activating group) is 1. The van der Waals surface area contributed by atoms with Gasteiger partial charge in [0.05, 0.1) is 0 Å². The van der Waals surface area contributed by atoms with Crippen molar-refractivity contribution in [2.45, 2.75) is 13.3 Å². The lowest BCUT2D eigenvalue weighted by molar-refractivity contribution is 0.0762. The van der Waals surface area contributed by atoms with E-state index >= 15 is 0 Å². The van der Waals surface area contributed by atoms with Crippen LogP contribution in [0, 0.1) is 6.92 Å². The monoisotopic (exact) mass is 248 g/mol. The van der Waals surface area contributed by atoms with E-state index in [-0.39, 0.29) is 11.7 Å². The first-order valence-electron chi connectivity index (χ1n) is 6.35. The highest BCUT2D eigenvalue weighted by Crippen LogP contribution is 2.18. The maximum atomic E-state index is 12.3. The fourth-order valence-corrected chi connectivity index (χ4v) is 2.22. The van der Waals surface area contributed by atoms with E-state index in [1.54, 1.807) is 18.2 Å². The molecule has 0 aromatic heterocycles. The van der Waals surface area contributed by atoms with Gasteiger partial charge in [-0.2, -0.15) is 0 Å².